The second-order valence-electron chi connectivity index (χ2n) is 16.5. The van der Waals surface area contributed by atoms with Crippen LogP contribution in [0.25, 0.3) is 0 Å². The Kier molecular flexibility index (Phi) is 13.5. The number of fused-ring (bicyclic) bond motifs is 5. The van der Waals surface area contributed by atoms with Gasteiger partial charge in [-0.3, -0.25) is 0 Å². The van der Waals surface area contributed by atoms with Crippen molar-refractivity contribution < 1.29 is 0 Å². The van der Waals surface area contributed by atoms with Gasteiger partial charge in [-0.1, -0.05) is 34.6 Å². The van der Waals surface area contributed by atoms with Crippen molar-refractivity contribution in [3.8, 4) is 0 Å². The molecule has 42 heavy (non-hydrogen) atoms. The van der Waals surface area contributed by atoms with Crippen LogP contribution in [0.1, 0.15) is 131 Å². The smallest absolute Gasteiger partial charge is 0.00701 e. The van der Waals surface area contributed by atoms with Gasteiger partial charge in [-0.25, -0.2) is 0 Å². The summed E-state index contributed by atoms with van der Waals surface area (Å²) in [6.07, 6.45) is 20.7. The molecule has 4 rings (SSSR count). The van der Waals surface area contributed by atoms with Gasteiger partial charge in [0, 0.05) is 12.1 Å². The minimum atomic E-state index is 0.374. The van der Waals surface area contributed by atoms with E-state index in [4.69, 9.17) is 11.5 Å². The van der Waals surface area contributed by atoms with Gasteiger partial charge in [-0.05, 0) is 188 Å². The Morgan fingerprint density at radius 3 is 2.10 bits per heavy atom. The second-order valence-corrected chi connectivity index (χ2v) is 16.5. The summed E-state index contributed by atoms with van der Waals surface area (Å²) in [5.74, 6) is 6.27. The Morgan fingerprint density at radius 1 is 0.714 bits per heavy atom. The molecule has 5 heteroatoms. The fraction of sp³-hybridized carbons (Fsp3) is 1.00. The SMILES string of the molecule is CC(C)C(N)CC[C@@H](C)[C@H]1CC[C@H]2[C@@H]3CC[C@H]4C[C@@H](NCCCNCCCCNCCCN)CC[C@]4(C)[C@H]3CC[C@]12C. The average molecular weight is 588 g/mol. The van der Waals surface area contributed by atoms with Crippen LogP contribution in [-0.4, -0.2) is 51.4 Å². The molecule has 0 aromatic heterocycles. The molecule has 0 radical (unpaired) electrons. The lowest BCUT2D eigenvalue weighted by molar-refractivity contribution is -0.118. The monoisotopic (exact) mass is 588 g/mol. The maximum Gasteiger partial charge on any atom is 0.00701 e. The number of unbranched alkanes of at least 4 members (excludes halogenated alkanes) is 1. The first-order valence-electron chi connectivity index (χ1n) is 18.8. The molecule has 0 aromatic carbocycles. The summed E-state index contributed by atoms with van der Waals surface area (Å²) in [5.41, 5.74) is 13.2. The van der Waals surface area contributed by atoms with Crippen LogP contribution in [0, 0.1) is 52.3 Å². The van der Waals surface area contributed by atoms with Crippen molar-refractivity contribution in [2.24, 2.45) is 63.7 Å². The van der Waals surface area contributed by atoms with Crippen LogP contribution in [0.5, 0.6) is 0 Å². The molecule has 4 aliphatic carbocycles. The zero-order chi connectivity index (χ0) is 30.2. The number of nitrogens with two attached hydrogens (primary N) is 2. The molecule has 4 aliphatic rings. The molecule has 5 nitrogen and oxygen atoms in total. The summed E-state index contributed by atoms with van der Waals surface area (Å²) in [6, 6.07) is 1.13. The maximum absolute atomic E-state index is 6.47. The molecule has 10 atom stereocenters. The average Bonchev–Trinajstić information content (AvgIpc) is 3.33. The van der Waals surface area contributed by atoms with Gasteiger partial charge in [0.25, 0.3) is 0 Å². The van der Waals surface area contributed by atoms with Gasteiger partial charge >= 0.3 is 0 Å². The van der Waals surface area contributed by atoms with E-state index in [9.17, 15) is 0 Å². The minimum absolute atomic E-state index is 0.374. The quantitative estimate of drug-likeness (QED) is 0.115. The van der Waals surface area contributed by atoms with Crippen molar-refractivity contribution in [1.82, 2.24) is 16.0 Å². The van der Waals surface area contributed by atoms with E-state index in [2.05, 4.69) is 50.6 Å². The van der Waals surface area contributed by atoms with Crippen LogP contribution < -0.4 is 27.4 Å². The van der Waals surface area contributed by atoms with Crippen LogP contribution in [-0.2, 0) is 0 Å². The van der Waals surface area contributed by atoms with Crippen molar-refractivity contribution in [3.63, 3.8) is 0 Å². The van der Waals surface area contributed by atoms with E-state index in [-0.39, 0.29) is 0 Å². The molecule has 0 bridgehead atoms. The lowest BCUT2D eigenvalue weighted by atomic mass is 9.44. The lowest BCUT2D eigenvalue weighted by Gasteiger charge is -2.61. The molecule has 0 heterocycles. The summed E-state index contributed by atoms with van der Waals surface area (Å²) < 4.78 is 0. The predicted octanol–water partition coefficient (Wildman–Crippen LogP) is 6.70. The van der Waals surface area contributed by atoms with Gasteiger partial charge in [-0.15, -0.1) is 0 Å². The van der Waals surface area contributed by atoms with Crippen molar-refractivity contribution >= 4 is 0 Å². The molecule has 0 aromatic rings. The fourth-order valence-corrected chi connectivity index (χ4v) is 10.9. The third-order valence-corrected chi connectivity index (χ3v) is 13.7. The summed E-state index contributed by atoms with van der Waals surface area (Å²) in [6.45, 7) is 19.1. The number of hydrogen-bond donors (Lipinski definition) is 5. The van der Waals surface area contributed by atoms with Crippen LogP contribution in [0.3, 0.4) is 0 Å². The summed E-state index contributed by atoms with van der Waals surface area (Å²) in [4.78, 5) is 0. The maximum atomic E-state index is 6.47. The second kappa shape index (κ2) is 16.4. The van der Waals surface area contributed by atoms with Gasteiger partial charge < -0.3 is 27.4 Å². The van der Waals surface area contributed by atoms with Gasteiger partial charge in [0.1, 0.15) is 0 Å². The minimum Gasteiger partial charge on any atom is -0.330 e. The highest BCUT2D eigenvalue weighted by Gasteiger charge is 2.60. The molecule has 0 saturated heterocycles. The highest BCUT2D eigenvalue weighted by molar-refractivity contribution is 5.10. The molecule has 0 spiro atoms. The first-order chi connectivity index (χ1) is 20.2. The van der Waals surface area contributed by atoms with Gasteiger partial charge in [0.05, 0.1) is 0 Å². The van der Waals surface area contributed by atoms with Crippen LogP contribution in [0.4, 0.5) is 0 Å². The lowest BCUT2D eigenvalue weighted by Crippen LogP contribution is -2.55. The largest absolute Gasteiger partial charge is 0.330 e. The summed E-state index contributed by atoms with van der Waals surface area (Å²) in [7, 11) is 0. The van der Waals surface area contributed by atoms with Gasteiger partial charge in [0.2, 0.25) is 0 Å². The van der Waals surface area contributed by atoms with E-state index < -0.39 is 0 Å². The molecular formula is C37H73N5. The van der Waals surface area contributed by atoms with Crippen LogP contribution >= 0.6 is 0 Å². The normalized spacial score (nSPS) is 37.7. The standard InChI is InChI=1S/C37H73N5/c1-27(2)35(39)15-10-28(3)32-13-14-33-31-12-11-29-26-30(16-18-36(29,4)34(31)17-19-37(32,33)5)42-25-9-24-41-22-7-6-21-40-23-8-20-38/h27-35,40-42H,6-26,38-39H2,1-5H3/t28-,29+,30+,31+,32-,33+,34+,35?,36+,37-/m1/s1. The van der Waals surface area contributed by atoms with Gasteiger partial charge in [0.15, 0.2) is 0 Å². The Labute approximate surface area is 261 Å². The Balaban J connectivity index is 1.17. The first kappa shape index (κ1) is 34.7. The molecule has 4 saturated carbocycles. The zero-order valence-corrected chi connectivity index (χ0v) is 28.7. The van der Waals surface area contributed by atoms with Crippen molar-refractivity contribution in [2.75, 3.05) is 39.3 Å². The van der Waals surface area contributed by atoms with Crippen LogP contribution in [0.15, 0.2) is 0 Å². The van der Waals surface area contributed by atoms with Crippen molar-refractivity contribution in [3.05, 3.63) is 0 Å². The first-order valence-corrected chi connectivity index (χ1v) is 18.8. The number of rotatable bonds is 18. The molecule has 4 fully saturated rings. The number of hydrogen-bond acceptors (Lipinski definition) is 5. The third kappa shape index (κ3) is 8.33. The summed E-state index contributed by atoms with van der Waals surface area (Å²) >= 11 is 0. The molecular weight excluding hydrogens is 514 g/mol. The zero-order valence-electron chi connectivity index (χ0n) is 28.7. The topological polar surface area (TPSA) is 88.1 Å². The van der Waals surface area contributed by atoms with E-state index in [1.807, 2.05) is 0 Å². The molecule has 7 N–H and O–H groups in total. The van der Waals surface area contributed by atoms with Gasteiger partial charge in [-0.2, -0.15) is 0 Å². The van der Waals surface area contributed by atoms with Crippen LogP contribution in [0.2, 0.25) is 0 Å². The summed E-state index contributed by atoms with van der Waals surface area (Å²) in [5, 5.41) is 11.1. The van der Waals surface area contributed by atoms with E-state index in [0.29, 0.717) is 22.8 Å². The Morgan fingerprint density at radius 2 is 1.38 bits per heavy atom. The molecule has 0 amide bonds. The van der Waals surface area contributed by atoms with E-state index in [1.54, 1.807) is 0 Å². The van der Waals surface area contributed by atoms with E-state index >= 15 is 0 Å². The number of nitrogens with one attached hydrogen (secondary N) is 3. The molecule has 1 unspecified atom stereocenters. The van der Waals surface area contributed by atoms with Crippen molar-refractivity contribution in [2.45, 2.75) is 143 Å². The third-order valence-electron chi connectivity index (χ3n) is 13.7. The fourth-order valence-electron chi connectivity index (χ4n) is 10.9. The highest BCUT2D eigenvalue weighted by Crippen LogP contribution is 2.68. The Hall–Kier alpha value is -0.200. The Bertz CT molecular complexity index is 773. The van der Waals surface area contributed by atoms with E-state index in [0.717, 1.165) is 80.7 Å². The molecule has 0 aliphatic heterocycles. The highest BCUT2D eigenvalue weighted by atomic mass is 14.9. The van der Waals surface area contributed by atoms with E-state index in [1.165, 1.54) is 96.4 Å². The van der Waals surface area contributed by atoms with Crippen molar-refractivity contribution in [1.29, 1.82) is 0 Å². The molecule has 246 valence electrons. The predicted molar refractivity (Wildman–Crippen MR) is 181 cm³/mol.